The van der Waals surface area contributed by atoms with Gasteiger partial charge >= 0.3 is 5.97 Å². The third-order valence-corrected chi connectivity index (χ3v) is 8.22. The number of halogens is 2. The van der Waals surface area contributed by atoms with Crippen LogP contribution < -0.4 is 20.5 Å². The first kappa shape index (κ1) is 49.6. The quantitative estimate of drug-likeness (QED) is 0.102. The van der Waals surface area contributed by atoms with Crippen molar-refractivity contribution in [3.63, 3.8) is 0 Å². The van der Waals surface area contributed by atoms with Crippen molar-refractivity contribution in [2.75, 3.05) is 13.2 Å². The number of carbonyl (C=O) groups is 1. The zero-order valence-electron chi connectivity index (χ0n) is 32.1. The predicted molar refractivity (Wildman–Crippen MR) is 236 cm³/mol. The van der Waals surface area contributed by atoms with Gasteiger partial charge in [0.05, 0.1) is 13.2 Å². The molecule has 2 heterocycles. The molecule has 0 bridgehead atoms. The standard InChI is InChI=1S/C23H26N2O4.C19H20N2O2.2ClH.2H2S/c1-4-27-22(26)14-24-16(2)18-10-12-20(13-11-18)28-15-21-17(3)29-23(25-21)19-8-6-5-7-9-19;1-13(20)15-8-10-17(11-9-15)22-12-18-14(2)23-19(21-18)16-6-4-3-5-7-16;;;;/h5-13,16,24H,4,14-15H2,1-3H3;3-11,13H,12,20H2,1-2H3;2*1H;2*1H2/t16-;13-;;;;/m00..../s1. The number of nitrogens with one attached hydrogen (secondary N) is 1. The van der Waals surface area contributed by atoms with Crippen LogP contribution in [0.2, 0.25) is 0 Å². The summed E-state index contributed by atoms with van der Waals surface area (Å²) in [5.74, 6) is 4.02. The van der Waals surface area contributed by atoms with Crippen molar-refractivity contribution in [1.82, 2.24) is 15.3 Å². The van der Waals surface area contributed by atoms with Crippen LogP contribution in [0.3, 0.4) is 0 Å². The predicted octanol–water partition coefficient (Wildman–Crippen LogP) is 9.76. The molecule has 4 aromatic carbocycles. The van der Waals surface area contributed by atoms with E-state index in [-0.39, 0.29) is 76.4 Å². The van der Waals surface area contributed by atoms with Gasteiger partial charge in [-0.1, -0.05) is 60.7 Å². The van der Waals surface area contributed by atoms with Crippen LogP contribution >= 0.6 is 51.8 Å². The molecule has 0 radical (unpaired) electrons. The number of hydrogen-bond acceptors (Lipinski definition) is 10. The number of aromatic nitrogens is 2. The van der Waals surface area contributed by atoms with Crippen molar-refractivity contribution in [1.29, 1.82) is 0 Å². The van der Waals surface area contributed by atoms with E-state index in [9.17, 15) is 4.79 Å². The van der Waals surface area contributed by atoms with Gasteiger partial charge in [-0.05, 0) is 94.3 Å². The Morgan fingerprint density at radius 2 is 1.09 bits per heavy atom. The van der Waals surface area contributed by atoms with E-state index in [2.05, 4.69) is 15.3 Å². The fourth-order valence-corrected chi connectivity index (χ4v) is 5.12. The Morgan fingerprint density at radius 1 is 0.679 bits per heavy atom. The molecular formula is C42H52Cl2N4O6S2. The lowest BCUT2D eigenvalue weighted by molar-refractivity contribution is -0.142. The summed E-state index contributed by atoms with van der Waals surface area (Å²) in [4.78, 5) is 20.5. The summed E-state index contributed by atoms with van der Waals surface area (Å²) >= 11 is 0. The summed E-state index contributed by atoms with van der Waals surface area (Å²) in [6.07, 6.45) is 0. The van der Waals surface area contributed by atoms with Crippen LogP contribution in [0.25, 0.3) is 22.9 Å². The first-order valence-corrected chi connectivity index (χ1v) is 17.3. The van der Waals surface area contributed by atoms with Gasteiger partial charge in [-0.2, -0.15) is 27.0 Å². The van der Waals surface area contributed by atoms with Crippen molar-refractivity contribution in [3.8, 4) is 34.4 Å². The first-order valence-electron chi connectivity index (χ1n) is 17.3. The summed E-state index contributed by atoms with van der Waals surface area (Å²) in [7, 11) is 0. The fourth-order valence-electron chi connectivity index (χ4n) is 5.12. The molecule has 6 aromatic rings. The lowest BCUT2D eigenvalue weighted by atomic mass is 10.1. The van der Waals surface area contributed by atoms with Crippen LogP contribution in [-0.4, -0.2) is 29.1 Å². The largest absolute Gasteiger partial charge is 0.487 e. The molecule has 56 heavy (non-hydrogen) atoms. The van der Waals surface area contributed by atoms with E-state index in [0.717, 1.165) is 56.7 Å². The van der Waals surface area contributed by atoms with Crippen LogP contribution in [0.5, 0.6) is 11.5 Å². The molecule has 302 valence electrons. The molecule has 0 fully saturated rings. The molecule has 0 unspecified atom stereocenters. The van der Waals surface area contributed by atoms with E-state index >= 15 is 0 Å². The Bertz CT molecular complexity index is 2000. The smallest absolute Gasteiger partial charge is 0.319 e. The number of benzene rings is 4. The number of rotatable bonds is 14. The highest BCUT2D eigenvalue weighted by atomic mass is 35.5. The molecule has 14 heteroatoms. The Morgan fingerprint density at radius 3 is 1.48 bits per heavy atom. The molecule has 0 aliphatic rings. The lowest BCUT2D eigenvalue weighted by Gasteiger charge is -2.14. The lowest BCUT2D eigenvalue weighted by Crippen LogP contribution is -2.27. The zero-order chi connectivity index (χ0) is 36.9. The van der Waals surface area contributed by atoms with E-state index < -0.39 is 0 Å². The van der Waals surface area contributed by atoms with Crippen LogP contribution in [0.15, 0.2) is 118 Å². The minimum atomic E-state index is -0.253. The minimum absolute atomic E-state index is 0. The van der Waals surface area contributed by atoms with Crippen molar-refractivity contribution < 1.29 is 27.8 Å². The maximum Gasteiger partial charge on any atom is 0.319 e. The van der Waals surface area contributed by atoms with Crippen molar-refractivity contribution >= 4 is 57.8 Å². The molecule has 10 nitrogen and oxygen atoms in total. The van der Waals surface area contributed by atoms with Crippen LogP contribution in [-0.2, 0) is 22.7 Å². The van der Waals surface area contributed by atoms with Crippen LogP contribution in [0, 0.1) is 13.8 Å². The molecule has 6 rings (SSSR count). The first-order chi connectivity index (χ1) is 25.2. The molecule has 0 aliphatic heterocycles. The van der Waals surface area contributed by atoms with Crippen molar-refractivity contribution in [2.24, 2.45) is 5.73 Å². The van der Waals surface area contributed by atoms with Crippen LogP contribution in [0.1, 0.15) is 66.9 Å². The van der Waals surface area contributed by atoms with Gasteiger partial charge in [0.15, 0.2) is 0 Å². The van der Waals surface area contributed by atoms with Gasteiger partial charge in [-0.25, -0.2) is 9.97 Å². The van der Waals surface area contributed by atoms with Gasteiger partial charge < -0.3 is 34.1 Å². The van der Waals surface area contributed by atoms with Crippen LogP contribution in [0.4, 0.5) is 0 Å². The highest BCUT2D eigenvalue weighted by molar-refractivity contribution is 7.59. The normalized spacial score (nSPS) is 11.1. The molecule has 3 N–H and O–H groups in total. The van der Waals surface area contributed by atoms with Gasteiger partial charge in [-0.15, -0.1) is 24.8 Å². The molecule has 0 spiro atoms. The third-order valence-electron chi connectivity index (χ3n) is 8.22. The number of hydrogen-bond donors (Lipinski definition) is 2. The van der Waals surface area contributed by atoms with Gasteiger partial charge in [0.25, 0.3) is 0 Å². The Balaban J connectivity index is 0.000000534. The van der Waals surface area contributed by atoms with Crippen molar-refractivity contribution in [3.05, 3.63) is 143 Å². The third kappa shape index (κ3) is 14.6. The Hall–Kier alpha value is -4.43. The van der Waals surface area contributed by atoms with Gasteiger partial charge in [0.2, 0.25) is 11.8 Å². The summed E-state index contributed by atoms with van der Waals surface area (Å²) in [5, 5.41) is 3.15. The van der Waals surface area contributed by atoms with E-state index in [4.69, 9.17) is 28.8 Å². The number of oxazole rings is 2. The number of esters is 1. The highest BCUT2D eigenvalue weighted by Crippen LogP contribution is 2.25. The maximum atomic E-state index is 11.5. The zero-order valence-corrected chi connectivity index (χ0v) is 35.7. The number of aryl methyl sites for hydroxylation is 2. The van der Waals surface area contributed by atoms with E-state index in [1.807, 2.05) is 137 Å². The summed E-state index contributed by atoms with van der Waals surface area (Å²) in [5.41, 5.74) is 11.5. The number of nitrogens with zero attached hydrogens (tertiary/aromatic N) is 2. The molecular weight excluding hydrogens is 792 g/mol. The minimum Gasteiger partial charge on any atom is -0.487 e. The Labute approximate surface area is 355 Å². The fraction of sp³-hybridized carbons (Fsp3) is 0.262. The highest BCUT2D eigenvalue weighted by Gasteiger charge is 2.14. The number of carbonyl (C=O) groups excluding carboxylic acids is 1. The monoisotopic (exact) mass is 842 g/mol. The van der Waals surface area contributed by atoms with Gasteiger partial charge in [0, 0.05) is 23.2 Å². The second-order valence-corrected chi connectivity index (χ2v) is 12.2. The molecule has 0 saturated carbocycles. The van der Waals surface area contributed by atoms with Gasteiger partial charge in [-0.3, -0.25) is 4.79 Å². The van der Waals surface area contributed by atoms with E-state index in [1.54, 1.807) is 6.92 Å². The van der Waals surface area contributed by atoms with Gasteiger partial charge in [0.1, 0.15) is 47.6 Å². The average molecular weight is 844 g/mol. The summed E-state index contributed by atoms with van der Waals surface area (Å²) in [6, 6.07) is 35.3. The number of ether oxygens (including phenoxy) is 3. The molecule has 2 atom stereocenters. The molecule has 0 saturated heterocycles. The summed E-state index contributed by atoms with van der Waals surface area (Å²) in [6.45, 7) is 10.8. The maximum absolute atomic E-state index is 11.5. The molecule has 0 aliphatic carbocycles. The average Bonchev–Trinajstić information content (AvgIpc) is 3.74. The Kier molecular flexibility index (Phi) is 22.1. The van der Waals surface area contributed by atoms with E-state index in [1.165, 1.54) is 0 Å². The van der Waals surface area contributed by atoms with Crippen molar-refractivity contribution in [2.45, 2.75) is 59.9 Å². The molecule has 0 amide bonds. The second kappa shape index (κ2) is 25.0. The topological polar surface area (TPSA) is 135 Å². The van der Waals surface area contributed by atoms with E-state index in [0.29, 0.717) is 31.6 Å². The summed E-state index contributed by atoms with van der Waals surface area (Å²) < 4.78 is 28.1. The molecule has 2 aromatic heterocycles. The number of nitrogens with two attached hydrogens (primary N) is 1. The SMILES string of the molecule is CCOC(=O)CN[C@@H](C)c1ccc(OCc2nc(-c3ccccc3)oc2C)cc1.Cc1oc(-c2ccccc2)nc1COc1ccc([C@H](C)N)cc1.Cl.Cl.S.S. The second-order valence-electron chi connectivity index (χ2n) is 12.2.